The van der Waals surface area contributed by atoms with Gasteiger partial charge in [-0.25, -0.2) is 12.9 Å². The minimum atomic E-state index is -4.86. The van der Waals surface area contributed by atoms with Gasteiger partial charge in [0.25, 0.3) is 0 Å². The molecular formula is C19H22F4N2O2S. The van der Waals surface area contributed by atoms with E-state index >= 15 is 0 Å². The van der Waals surface area contributed by atoms with Crippen LogP contribution in [0.4, 0.5) is 17.6 Å². The van der Waals surface area contributed by atoms with Crippen LogP contribution >= 0.6 is 0 Å². The van der Waals surface area contributed by atoms with Crippen molar-refractivity contribution in [3.05, 3.63) is 59.1 Å². The maximum absolute atomic E-state index is 14.2. The first-order valence-corrected chi connectivity index (χ1v) is 9.86. The Balaban J connectivity index is 0.00000136. The zero-order valence-corrected chi connectivity index (χ0v) is 16.0. The fourth-order valence-corrected chi connectivity index (χ4v) is 4.11. The van der Waals surface area contributed by atoms with Gasteiger partial charge in [-0.15, -0.1) is 0 Å². The number of fused-ring (bicyclic) bond motifs is 1. The number of nitrogens with zero attached hydrogens (tertiary/aromatic N) is 1. The molecular weight excluding hydrogens is 396 g/mol. The molecule has 154 valence electrons. The molecule has 2 atom stereocenters. The predicted octanol–water partition coefficient (Wildman–Crippen LogP) is 3.79. The lowest BCUT2D eigenvalue weighted by molar-refractivity contribution is -0.0980. The zero-order chi connectivity index (χ0) is 20.7. The fourth-order valence-electron chi connectivity index (χ4n) is 3.25. The summed E-state index contributed by atoms with van der Waals surface area (Å²) >= 11 is 0. The van der Waals surface area contributed by atoms with Gasteiger partial charge < -0.3 is 10.1 Å². The summed E-state index contributed by atoms with van der Waals surface area (Å²) in [5.74, 6) is -0.428. The van der Waals surface area contributed by atoms with E-state index in [1.54, 1.807) is 0 Å². The van der Waals surface area contributed by atoms with E-state index in [9.17, 15) is 21.8 Å². The molecule has 3 rings (SSSR count). The molecule has 28 heavy (non-hydrogen) atoms. The Morgan fingerprint density at radius 1 is 1.21 bits per heavy atom. The van der Waals surface area contributed by atoms with E-state index in [4.69, 9.17) is 4.79 Å². The average Bonchev–Trinajstić information content (AvgIpc) is 2.88. The second kappa shape index (κ2) is 9.97. The maximum Gasteiger partial charge on any atom is 0.485 e. The largest absolute Gasteiger partial charge is 0.485 e. The van der Waals surface area contributed by atoms with Gasteiger partial charge in [-0.05, 0) is 24.8 Å². The summed E-state index contributed by atoms with van der Waals surface area (Å²) in [6, 6.07) is 9.26. The van der Waals surface area contributed by atoms with E-state index in [0.717, 1.165) is 9.87 Å². The first-order valence-electron chi connectivity index (χ1n) is 8.75. The van der Waals surface area contributed by atoms with E-state index in [1.165, 1.54) is 0 Å². The minimum absolute atomic E-state index is 0.0624. The van der Waals surface area contributed by atoms with Crippen LogP contribution in [0, 0.1) is 0 Å². The van der Waals surface area contributed by atoms with Crippen molar-refractivity contribution >= 4 is 17.8 Å². The maximum atomic E-state index is 14.2. The van der Waals surface area contributed by atoms with E-state index < -0.39 is 22.3 Å². The van der Waals surface area contributed by atoms with E-state index in [1.807, 2.05) is 43.2 Å². The van der Waals surface area contributed by atoms with Gasteiger partial charge >= 0.3 is 5.51 Å². The SMILES string of the molecule is C=O.O=S(N1CC2=C(F)CCC=C2N[C@@H](CCc2ccccc2)C1)C(F)(F)F. The zero-order valence-electron chi connectivity index (χ0n) is 15.2. The Kier molecular flexibility index (Phi) is 7.94. The number of allylic oxidation sites excluding steroid dienone is 2. The van der Waals surface area contributed by atoms with Gasteiger partial charge in [0, 0.05) is 36.8 Å². The molecule has 1 heterocycles. The molecule has 0 bridgehead atoms. The number of carbonyl (C=O) groups is 1. The number of carbonyl (C=O) groups excluding carboxylic acids is 1. The minimum Gasteiger partial charge on any atom is -0.381 e. The van der Waals surface area contributed by atoms with Gasteiger partial charge in [0.1, 0.15) is 12.6 Å². The molecule has 1 unspecified atom stereocenters. The van der Waals surface area contributed by atoms with Gasteiger partial charge in [0.15, 0.2) is 0 Å². The van der Waals surface area contributed by atoms with Crippen molar-refractivity contribution in [1.29, 1.82) is 0 Å². The van der Waals surface area contributed by atoms with Crippen molar-refractivity contribution in [3.8, 4) is 0 Å². The van der Waals surface area contributed by atoms with Crippen LogP contribution in [-0.2, 0) is 22.2 Å². The van der Waals surface area contributed by atoms with Crippen molar-refractivity contribution in [2.75, 3.05) is 13.1 Å². The lowest BCUT2D eigenvalue weighted by Gasteiger charge is -2.24. The van der Waals surface area contributed by atoms with Gasteiger partial charge in [0.05, 0.1) is 0 Å². The van der Waals surface area contributed by atoms with Crippen molar-refractivity contribution < 1.29 is 26.6 Å². The average molecular weight is 418 g/mol. The van der Waals surface area contributed by atoms with Crippen molar-refractivity contribution in [3.63, 3.8) is 0 Å². The van der Waals surface area contributed by atoms with Crippen LogP contribution in [-0.4, -0.2) is 39.9 Å². The molecule has 0 saturated carbocycles. The number of aryl methyl sites for hydroxylation is 1. The van der Waals surface area contributed by atoms with Gasteiger partial charge in [0.2, 0.25) is 11.0 Å². The van der Waals surface area contributed by atoms with Crippen LogP contribution in [0.1, 0.15) is 24.8 Å². The van der Waals surface area contributed by atoms with Crippen molar-refractivity contribution in [1.82, 2.24) is 9.62 Å². The van der Waals surface area contributed by atoms with E-state index in [2.05, 4.69) is 5.32 Å². The third kappa shape index (κ3) is 5.75. The topological polar surface area (TPSA) is 49.4 Å². The van der Waals surface area contributed by atoms with Crippen LogP contribution in [0.25, 0.3) is 0 Å². The lowest BCUT2D eigenvalue weighted by Crippen LogP contribution is -2.42. The summed E-state index contributed by atoms with van der Waals surface area (Å²) in [4.78, 5) is 8.00. The van der Waals surface area contributed by atoms with Crippen LogP contribution in [0.3, 0.4) is 0 Å². The highest BCUT2D eigenvalue weighted by Crippen LogP contribution is 2.31. The second-order valence-electron chi connectivity index (χ2n) is 6.42. The first kappa shape index (κ1) is 22.3. The number of hydrogen-bond donors (Lipinski definition) is 1. The number of halogens is 4. The molecule has 0 aromatic heterocycles. The molecule has 1 aromatic carbocycles. The summed E-state index contributed by atoms with van der Waals surface area (Å²) in [5.41, 5.74) is -3.06. The number of hydrogen-bond acceptors (Lipinski definition) is 3. The normalized spacial score (nSPS) is 21.4. The lowest BCUT2D eigenvalue weighted by atomic mass is 10.0. The number of rotatable bonds is 4. The number of benzene rings is 1. The molecule has 0 radical (unpaired) electrons. The summed E-state index contributed by atoms with van der Waals surface area (Å²) in [7, 11) is -3.17. The van der Waals surface area contributed by atoms with E-state index in [-0.39, 0.29) is 31.1 Å². The van der Waals surface area contributed by atoms with Crippen LogP contribution in [0.5, 0.6) is 0 Å². The molecule has 0 spiro atoms. The van der Waals surface area contributed by atoms with Gasteiger partial charge in [-0.3, -0.25) is 0 Å². The molecule has 1 N–H and O–H groups in total. The summed E-state index contributed by atoms with van der Waals surface area (Å²) in [5, 5.41) is 3.17. The number of nitrogens with one attached hydrogen (secondary N) is 1. The Morgan fingerprint density at radius 2 is 1.89 bits per heavy atom. The Bertz CT molecular complexity index is 750. The molecule has 1 saturated heterocycles. The highest BCUT2D eigenvalue weighted by molar-refractivity contribution is 7.83. The predicted molar refractivity (Wildman–Crippen MR) is 100 cm³/mol. The highest BCUT2D eigenvalue weighted by Gasteiger charge is 2.43. The smallest absolute Gasteiger partial charge is 0.381 e. The molecule has 1 fully saturated rings. The summed E-state index contributed by atoms with van der Waals surface area (Å²) in [6.07, 6.45) is 3.71. The van der Waals surface area contributed by atoms with Crippen molar-refractivity contribution in [2.45, 2.75) is 37.2 Å². The van der Waals surface area contributed by atoms with Gasteiger partial charge in [-0.1, -0.05) is 36.4 Å². The van der Waals surface area contributed by atoms with Crippen LogP contribution < -0.4 is 5.32 Å². The second-order valence-corrected chi connectivity index (χ2v) is 7.90. The Morgan fingerprint density at radius 3 is 2.54 bits per heavy atom. The standard InChI is InChI=1S/C18H20F4N2OS.CH2O/c19-16-7-4-8-17-15(16)12-24(26(25)18(20,21)22)11-14(23-17)10-9-13-5-2-1-3-6-13;1-2/h1-3,5-6,8,14,23H,4,7,9-12H2;1H2/t14-,26?;/m0./s1. The van der Waals surface area contributed by atoms with Crippen LogP contribution in [0.2, 0.25) is 0 Å². The Hall–Kier alpha value is -2.00. The third-order valence-corrected chi connectivity index (χ3v) is 5.68. The molecule has 1 aliphatic heterocycles. The van der Waals surface area contributed by atoms with Gasteiger partial charge in [-0.2, -0.15) is 13.2 Å². The fraction of sp³-hybridized carbons (Fsp3) is 0.421. The highest BCUT2D eigenvalue weighted by atomic mass is 32.2. The number of alkyl halides is 3. The molecule has 9 heteroatoms. The summed E-state index contributed by atoms with van der Waals surface area (Å²) < 4.78 is 65.9. The molecule has 4 nitrogen and oxygen atoms in total. The first-order chi connectivity index (χ1) is 13.3. The third-order valence-electron chi connectivity index (χ3n) is 4.54. The van der Waals surface area contributed by atoms with Crippen LogP contribution in [0.15, 0.2) is 53.5 Å². The molecule has 1 aliphatic carbocycles. The Labute approximate surface area is 163 Å². The monoisotopic (exact) mass is 418 g/mol. The summed E-state index contributed by atoms with van der Waals surface area (Å²) in [6.45, 7) is 1.63. The van der Waals surface area contributed by atoms with E-state index in [0.29, 0.717) is 25.0 Å². The molecule has 0 amide bonds. The quantitative estimate of drug-likeness (QED) is 0.757. The van der Waals surface area contributed by atoms with Crippen molar-refractivity contribution in [2.24, 2.45) is 0 Å². The molecule has 1 aromatic rings. The molecule has 2 aliphatic rings.